The number of aliphatic hydroxyl groups excluding tert-OH is 1. The predicted octanol–water partition coefficient (Wildman–Crippen LogP) is 2.96. The molecule has 2 rings (SSSR count). The summed E-state index contributed by atoms with van der Waals surface area (Å²) in [6.45, 7) is 0.750. The molecule has 0 radical (unpaired) electrons. The Kier molecular flexibility index (Phi) is 4.38. The van der Waals surface area contributed by atoms with Gasteiger partial charge in [-0.3, -0.25) is 0 Å². The number of ether oxygens (including phenoxy) is 1. The summed E-state index contributed by atoms with van der Waals surface area (Å²) >= 11 is 1.84. The molecule has 0 aliphatic heterocycles. The van der Waals surface area contributed by atoms with Gasteiger partial charge in [-0.15, -0.1) is 11.3 Å². The van der Waals surface area contributed by atoms with Crippen molar-refractivity contribution in [3.05, 3.63) is 21.9 Å². The Morgan fingerprint density at radius 2 is 2.50 bits per heavy atom. The summed E-state index contributed by atoms with van der Waals surface area (Å²) in [5.74, 6) is 0.367. The van der Waals surface area contributed by atoms with Gasteiger partial charge in [-0.1, -0.05) is 0 Å². The SMILES string of the molecule is COCCCC(O)C1CCCc2sccc21. The van der Waals surface area contributed by atoms with Gasteiger partial charge in [-0.25, -0.2) is 0 Å². The Labute approximate surface area is 101 Å². The Morgan fingerprint density at radius 3 is 3.31 bits per heavy atom. The standard InChI is InChI=1S/C13H20O2S/c1-15-8-3-5-12(14)10-4-2-6-13-11(10)7-9-16-13/h7,9-10,12,14H,2-6,8H2,1H3. The zero-order chi connectivity index (χ0) is 11.4. The molecule has 0 saturated carbocycles. The van der Waals surface area contributed by atoms with Crippen molar-refractivity contribution < 1.29 is 9.84 Å². The second-order valence-corrected chi connectivity index (χ2v) is 5.50. The first-order valence-electron chi connectivity index (χ1n) is 6.06. The van der Waals surface area contributed by atoms with Gasteiger partial charge in [0.05, 0.1) is 6.10 Å². The molecule has 16 heavy (non-hydrogen) atoms. The highest BCUT2D eigenvalue weighted by atomic mass is 32.1. The summed E-state index contributed by atoms with van der Waals surface area (Å²) in [5.41, 5.74) is 1.40. The van der Waals surface area contributed by atoms with Crippen LogP contribution in [-0.4, -0.2) is 24.9 Å². The normalized spacial score (nSPS) is 21.8. The maximum atomic E-state index is 10.2. The first kappa shape index (κ1) is 12.1. The van der Waals surface area contributed by atoms with E-state index >= 15 is 0 Å². The monoisotopic (exact) mass is 240 g/mol. The smallest absolute Gasteiger partial charge is 0.0610 e. The number of hydrogen-bond acceptors (Lipinski definition) is 3. The number of fused-ring (bicyclic) bond motifs is 1. The fourth-order valence-corrected chi connectivity index (χ4v) is 3.56. The minimum atomic E-state index is -0.191. The molecule has 0 amide bonds. The van der Waals surface area contributed by atoms with E-state index in [1.54, 1.807) is 7.11 Å². The van der Waals surface area contributed by atoms with Crippen LogP contribution in [0.25, 0.3) is 0 Å². The van der Waals surface area contributed by atoms with Gasteiger partial charge in [0.15, 0.2) is 0 Å². The summed E-state index contributed by atoms with van der Waals surface area (Å²) in [6, 6.07) is 2.20. The summed E-state index contributed by atoms with van der Waals surface area (Å²) < 4.78 is 5.02. The number of thiophene rings is 1. The minimum absolute atomic E-state index is 0.191. The third kappa shape index (κ3) is 2.65. The van der Waals surface area contributed by atoms with Crippen LogP contribution >= 0.6 is 11.3 Å². The number of hydrogen-bond donors (Lipinski definition) is 1. The Balaban J connectivity index is 1.95. The highest BCUT2D eigenvalue weighted by Gasteiger charge is 2.26. The summed E-state index contributed by atoms with van der Waals surface area (Å²) in [4.78, 5) is 1.49. The van der Waals surface area contributed by atoms with Crippen molar-refractivity contribution in [1.29, 1.82) is 0 Å². The van der Waals surface area contributed by atoms with Gasteiger partial charge in [0.1, 0.15) is 0 Å². The largest absolute Gasteiger partial charge is 0.392 e. The van der Waals surface area contributed by atoms with E-state index in [4.69, 9.17) is 4.74 Å². The molecule has 2 unspecified atom stereocenters. The molecule has 2 nitrogen and oxygen atoms in total. The quantitative estimate of drug-likeness (QED) is 0.802. The molecule has 0 aromatic carbocycles. The van der Waals surface area contributed by atoms with E-state index in [0.29, 0.717) is 5.92 Å². The molecule has 3 heteroatoms. The molecular formula is C13H20O2S. The molecule has 0 saturated heterocycles. The van der Waals surface area contributed by atoms with Crippen molar-refractivity contribution in [2.45, 2.75) is 44.1 Å². The van der Waals surface area contributed by atoms with Gasteiger partial charge in [0, 0.05) is 24.5 Å². The van der Waals surface area contributed by atoms with Crippen LogP contribution in [0.15, 0.2) is 11.4 Å². The second-order valence-electron chi connectivity index (χ2n) is 4.50. The Hall–Kier alpha value is -0.380. The van der Waals surface area contributed by atoms with Crippen LogP contribution in [0.2, 0.25) is 0 Å². The fraction of sp³-hybridized carbons (Fsp3) is 0.692. The molecule has 1 N–H and O–H groups in total. The van der Waals surface area contributed by atoms with Crippen molar-refractivity contribution in [1.82, 2.24) is 0 Å². The van der Waals surface area contributed by atoms with Crippen molar-refractivity contribution >= 4 is 11.3 Å². The van der Waals surface area contributed by atoms with Crippen molar-refractivity contribution in [2.24, 2.45) is 0 Å². The molecule has 1 aliphatic rings. The van der Waals surface area contributed by atoms with Gasteiger partial charge >= 0.3 is 0 Å². The van der Waals surface area contributed by atoms with Crippen molar-refractivity contribution in [3.8, 4) is 0 Å². The molecule has 0 spiro atoms. The topological polar surface area (TPSA) is 29.5 Å². The summed E-state index contributed by atoms with van der Waals surface area (Å²) in [6.07, 6.45) is 5.18. The lowest BCUT2D eigenvalue weighted by atomic mass is 9.82. The van der Waals surface area contributed by atoms with E-state index < -0.39 is 0 Å². The van der Waals surface area contributed by atoms with E-state index in [1.165, 1.54) is 23.3 Å². The predicted molar refractivity (Wildman–Crippen MR) is 67.1 cm³/mol. The van der Waals surface area contributed by atoms with Gasteiger partial charge in [-0.05, 0) is 49.1 Å². The fourth-order valence-electron chi connectivity index (χ4n) is 2.56. The van der Waals surface area contributed by atoms with E-state index in [-0.39, 0.29) is 6.10 Å². The first-order chi connectivity index (χ1) is 7.83. The molecular weight excluding hydrogens is 220 g/mol. The average Bonchev–Trinajstić information content (AvgIpc) is 2.76. The van der Waals surface area contributed by atoms with E-state index in [9.17, 15) is 5.11 Å². The van der Waals surface area contributed by atoms with Gasteiger partial charge in [-0.2, -0.15) is 0 Å². The molecule has 0 fully saturated rings. The number of methoxy groups -OCH3 is 1. The number of aliphatic hydroxyl groups is 1. The third-order valence-electron chi connectivity index (χ3n) is 3.41. The van der Waals surface area contributed by atoms with E-state index in [1.807, 2.05) is 11.3 Å². The van der Waals surface area contributed by atoms with Crippen molar-refractivity contribution in [2.75, 3.05) is 13.7 Å². The zero-order valence-corrected chi connectivity index (χ0v) is 10.6. The maximum absolute atomic E-state index is 10.2. The second kappa shape index (κ2) is 5.80. The summed E-state index contributed by atoms with van der Waals surface area (Å²) in [5, 5.41) is 12.4. The third-order valence-corrected chi connectivity index (χ3v) is 4.41. The molecule has 1 heterocycles. The van der Waals surface area contributed by atoms with Gasteiger partial charge in [0.2, 0.25) is 0 Å². The lowest BCUT2D eigenvalue weighted by Crippen LogP contribution is -2.22. The van der Waals surface area contributed by atoms with E-state index in [2.05, 4.69) is 11.4 Å². The molecule has 90 valence electrons. The summed E-state index contributed by atoms with van der Waals surface area (Å²) in [7, 11) is 1.71. The Bertz CT molecular complexity index is 321. The number of rotatable bonds is 5. The van der Waals surface area contributed by atoms with Crippen LogP contribution in [0, 0.1) is 0 Å². The van der Waals surface area contributed by atoms with Crippen molar-refractivity contribution in [3.63, 3.8) is 0 Å². The van der Waals surface area contributed by atoms with Gasteiger partial charge in [0.25, 0.3) is 0 Å². The molecule has 1 aromatic heterocycles. The van der Waals surface area contributed by atoms with Crippen LogP contribution in [0.1, 0.15) is 42.0 Å². The molecule has 2 atom stereocenters. The minimum Gasteiger partial charge on any atom is -0.392 e. The average molecular weight is 240 g/mol. The van der Waals surface area contributed by atoms with Crippen LogP contribution in [0.5, 0.6) is 0 Å². The molecule has 1 aromatic rings. The molecule has 1 aliphatic carbocycles. The van der Waals surface area contributed by atoms with Crippen LogP contribution in [-0.2, 0) is 11.2 Å². The van der Waals surface area contributed by atoms with E-state index in [0.717, 1.165) is 25.9 Å². The van der Waals surface area contributed by atoms with Gasteiger partial charge < -0.3 is 9.84 Å². The van der Waals surface area contributed by atoms with Crippen LogP contribution in [0.4, 0.5) is 0 Å². The Morgan fingerprint density at radius 1 is 1.62 bits per heavy atom. The van der Waals surface area contributed by atoms with Crippen LogP contribution in [0.3, 0.4) is 0 Å². The van der Waals surface area contributed by atoms with Crippen LogP contribution < -0.4 is 0 Å². The first-order valence-corrected chi connectivity index (χ1v) is 6.94. The number of aryl methyl sites for hydroxylation is 1. The molecule has 0 bridgehead atoms. The highest BCUT2D eigenvalue weighted by Crippen LogP contribution is 2.37. The zero-order valence-electron chi connectivity index (χ0n) is 9.82. The maximum Gasteiger partial charge on any atom is 0.0610 e. The lowest BCUT2D eigenvalue weighted by Gasteiger charge is -2.27. The highest BCUT2D eigenvalue weighted by molar-refractivity contribution is 7.10. The lowest BCUT2D eigenvalue weighted by molar-refractivity contribution is 0.107.